The molecule has 0 aromatic carbocycles. The van der Waals surface area contributed by atoms with Gasteiger partial charge in [-0.15, -0.1) is 11.3 Å². The average Bonchev–Trinajstić information content (AvgIpc) is 2.80. The van der Waals surface area contributed by atoms with Gasteiger partial charge in [-0.05, 0) is 34.0 Å². The van der Waals surface area contributed by atoms with Gasteiger partial charge >= 0.3 is 0 Å². The van der Waals surface area contributed by atoms with Crippen LogP contribution in [0.4, 0.5) is 0 Å². The lowest BCUT2D eigenvalue weighted by molar-refractivity contribution is 0.0948. The van der Waals surface area contributed by atoms with Crippen molar-refractivity contribution in [1.29, 1.82) is 0 Å². The minimum atomic E-state index is -0.0951. The lowest BCUT2D eigenvalue weighted by atomic mass is 10.3. The first-order chi connectivity index (χ1) is 8.56. The Morgan fingerprint density at radius 1 is 1.50 bits per heavy atom. The van der Waals surface area contributed by atoms with E-state index in [4.69, 9.17) is 0 Å². The molecule has 0 atom stereocenters. The molecule has 6 heteroatoms. The van der Waals surface area contributed by atoms with Gasteiger partial charge in [0, 0.05) is 23.8 Å². The maximum absolute atomic E-state index is 11.8. The molecule has 5 nitrogen and oxygen atoms in total. The quantitative estimate of drug-likeness (QED) is 0.832. The largest absolute Gasteiger partial charge is 0.351 e. The third kappa shape index (κ3) is 3.08. The van der Waals surface area contributed by atoms with Crippen molar-refractivity contribution in [3.05, 3.63) is 23.0 Å². The highest BCUT2D eigenvalue weighted by atomic mass is 32.1. The van der Waals surface area contributed by atoms with E-state index in [0.29, 0.717) is 12.2 Å². The zero-order valence-electron chi connectivity index (χ0n) is 10.9. The third-order valence-corrected chi connectivity index (χ3v) is 3.48. The zero-order chi connectivity index (χ0) is 13.1. The van der Waals surface area contributed by atoms with Gasteiger partial charge in [-0.1, -0.05) is 0 Å². The SMILES string of the molecule is Cc1cn2cc(C(=O)NCCCN(C)C)nc2s1. The number of thiazole rings is 1. The van der Waals surface area contributed by atoms with Gasteiger partial charge in [0.15, 0.2) is 4.96 Å². The number of fused-ring (bicyclic) bond motifs is 1. The van der Waals surface area contributed by atoms with Crippen molar-refractivity contribution < 1.29 is 4.79 Å². The molecule has 2 aromatic rings. The van der Waals surface area contributed by atoms with Gasteiger partial charge < -0.3 is 10.2 Å². The van der Waals surface area contributed by atoms with Crippen LogP contribution in [0.1, 0.15) is 21.8 Å². The fraction of sp³-hybridized carbons (Fsp3) is 0.500. The van der Waals surface area contributed by atoms with Crippen molar-refractivity contribution in [2.24, 2.45) is 0 Å². The van der Waals surface area contributed by atoms with Crippen LogP contribution >= 0.6 is 11.3 Å². The van der Waals surface area contributed by atoms with Crippen molar-refractivity contribution in [3.8, 4) is 0 Å². The number of nitrogens with one attached hydrogen (secondary N) is 1. The van der Waals surface area contributed by atoms with E-state index < -0.39 is 0 Å². The fourth-order valence-corrected chi connectivity index (χ4v) is 2.52. The van der Waals surface area contributed by atoms with Crippen LogP contribution in [0.3, 0.4) is 0 Å². The predicted molar refractivity (Wildman–Crippen MR) is 73.3 cm³/mol. The number of hydrogen-bond acceptors (Lipinski definition) is 4. The minimum absolute atomic E-state index is 0.0951. The summed E-state index contributed by atoms with van der Waals surface area (Å²) in [6.07, 6.45) is 4.70. The maximum Gasteiger partial charge on any atom is 0.271 e. The molecular weight excluding hydrogens is 248 g/mol. The Bertz CT molecular complexity index is 512. The molecule has 0 unspecified atom stereocenters. The topological polar surface area (TPSA) is 49.6 Å². The molecule has 0 saturated heterocycles. The fourth-order valence-electron chi connectivity index (χ4n) is 1.71. The standard InChI is InChI=1S/C12H18N4OS/c1-9-7-16-8-10(14-12(16)18-9)11(17)13-5-4-6-15(2)3/h7-8H,4-6H2,1-3H3,(H,13,17). The summed E-state index contributed by atoms with van der Waals surface area (Å²) < 4.78 is 1.90. The van der Waals surface area contributed by atoms with E-state index in [9.17, 15) is 4.79 Å². The number of amides is 1. The average molecular weight is 266 g/mol. The van der Waals surface area contributed by atoms with Crippen LogP contribution in [-0.2, 0) is 0 Å². The Kier molecular flexibility index (Phi) is 3.98. The second-order valence-corrected chi connectivity index (χ2v) is 5.78. The van der Waals surface area contributed by atoms with Crippen LogP contribution in [0.25, 0.3) is 4.96 Å². The van der Waals surface area contributed by atoms with Gasteiger partial charge in [0.25, 0.3) is 5.91 Å². The lowest BCUT2D eigenvalue weighted by Crippen LogP contribution is -2.27. The highest BCUT2D eigenvalue weighted by molar-refractivity contribution is 7.17. The summed E-state index contributed by atoms with van der Waals surface area (Å²) in [6, 6.07) is 0. The smallest absolute Gasteiger partial charge is 0.271 e. The molecule has 0 aliphatic rings. The predicted octanol–water partition coefficient (Wildman–Crippen LogP) is 1.39. The molecule has 2 rings (SSSR count). The summed E-state index contributed by atoms with van der Waals surface area (Å²) in [4.78, 5) is 20.3. The van der Waals surface area contributed by atoms with Gasteiger partial charge in [-0.3, -0.25) is 9.20 Å². The summed E-state index contributed by atoms with van der Waals surface area (Å²) in [5.41, 5.74) is 0.492. The lowest BCUT2D eigenvalue weighted by Gasteiger charge is -2.09. The van der Waals surface area contributed by atoms with E-state index in [1.807, 2.05) is 31.6 Å². The van der Waals surface area contributed by atoms with E-state index in [1.54, 1.807) is 17.5 Å². The molecule has 1 N–H and O–H groups in total. The van der Waals surface area contributed by atoms with E-state index in [1.165, 1.54) is 4.88 Å². The number of rotatable bonds is 5. The normalized spacial score (nSPS) is 11.3. The highest BCUT2D eigenvalue weighted by Gasteiger charge is 2.11. The number of aryl methyl sites for hydroxylation is 1. The molecule has 18 heavy (non-hydrogen) atoms. The first-order valence-electron chi connectivity index (χ1n) is 5.94. The van der Waals surface area contributed by atoms with Gasteiger partial charge in [0.2, 0.25) is 0 Å². The summed E-state index contributed by atoms with van der Waals surface area (Å²) >= 11 is 1.59. The highest BCUT2D eigenvalue weighted by Crippen LogP contribution is 2.16. The Balaban J connectivity index is 1.90. The van der Waals surface area contributed by atoms with E-state index in [-0.39, 0.29) is 5.91 Å². The minimum Gasteiger partial charge on any atom is -0.351 e. The van der Waals surface area contributed by atoms with Crippen LogP contribution in [0.15, 0.2) is 12.4 Å². The van der Waals surface area contributed by atoms with Crippen molar-refractivity contribution >= 4 is 22.2 Å². The van der Waals surface area contributed by atoms with Crippen molar-refractivity contribution in [3.63, 3.8) is 0 Å². The van der Waals surface area contributed by atoms with E-state index in [0.717, 1.165) is 17.9 Å². The second kappa shape index (κ2) is 5.49. The van der Waals surface area contributed by atoms with Crippen molar-refractivity contribution in [1.82, 2.24) is 19.6 Å². The molecule has 2 heterocycles. The summed E-state index contributed by atoms with van der Waals surface area (Å²) in [5, 5.41) is 2.88. The summed E-state index contributed by atoms with van der Waals surface area (Å²) in [6.45, 7) is 3.68. The van der Waals surface area contributed by atoms with Crippen molar-refractivity contribution in [2.45, 2.75) is 13.3 Å². The molecule has 0 bridgehead atoms. The van der Waals surface area contributed by atoms with Crippen LogP contribution in [0, 0.1) is 6.92 Å². The molecule has 0 fully saturated rings. The number of carbonyl (C=O) groups excluding carboxylic acids is 1. The number of imidazole rings is 1. The Morgan fingerprint density at radius 2 is 2.28 bits per heavy atom. The molecule has 2 aromatic heterocycles. The van der Waals surface area contributed by atoms with Gasteiger partial charge in [-0.25, -0.2) is 4.98 Å². The molecule has 0 aliphatic carbocycles. The first kappa shape index (κ1) is 13.0. The van der Waals surface area contributed by atoms with Gasteiger partial charge in [0.1, 0.15) is 5.69 Å². The zero-order valence-corrected chi connectivity index (χ0v) is 11.8. The van der Waals surface area contributed by atoms with E-state index >= 15 is 0 Å². The number of hydrogen-bond donors (Lipinski definition) is 1. The van der Waals surface area contributed by atoms with E-state index in [2.05, 4.69) is 15.2 Å². The molecule has 0 aliphatic heterocycles. The molecule has 1 amide bonds. The monoisotopic (exact) mass is 266 g/mol. The number of nitrogens with zero attached hydrogens (tertiary/aromatic N) is 3. The number of carbonyl (C=O) groups is 1. The summed E-state index contributed by atoms with van der Waals surface area (Å²) in [7, 11) is 4.04. The number of aromatic nitrogens is 2. The first-order valence-corrected chi connectivity index (χ1v) is 6.76. The molecule has 98 valence electrons. The van der Waals surface area contributed by atoms with Crippen LogP contribution in [0.5, 0.6) is 0 Å². The van der Waals surface area contributed by atoms with Crippen LogP contribution in [0.2, 0.25) is 0 Å². The van der Waals surface area contributed by atoms with Gasteiger partial charge in [-0.2, -0.15) is 0 Å². The second-order valence-electron chi connectivity index (χ2n) is 4.57. The molecular formula is C12H18N4OS. The van der Waals surface area contributed by atoms with Gasteiger partial charge in [0.05, 0.1) is 0 Å². The third-order valence-electron chi connectivity index (χ3n) is 2.57. The van der Waals surface area contributed by atoms with Crippen LogP contribution in [-0.4, -0.2) is 47.4 Å². The van der Waals surface area contributed by atoms with Crippen molar-refractivity contribution in [2.75, 3.05) is 27.2 Å². The molecule has 0 spiro atoms. The molecule has 0 radical (unpaired) electrons. The van der Waals surface area contributed by atoms with Crippen LogP contribution < -0.4 is 5.32 Å². The Hall–Kier alpha value is -1.40. The summed E-state index contributed by atoms with van der Waals surface area (Å²) in [5.74, 6) is -0.0951. The molecule has 0 saturated carbocycles. The maximum atomic E-state index is 11.8. The Morgan fingerprint density at radius 3 is 2.94 bits per heavy atom. The Labute approximate surface area is 110 Å².